The largest absolute Gasteiger partial charge is 0.483 e. The van der Waals surface area contributed by atoms with E-state index in [0.29, 0.717) is 11.5 Å². The highest BCUT2D eigenvalue weighted by molar-refractivity contribution is 9.11. The lowest BCUT2D eigenvalue weighted by Crippen LogP contribution is -2.50. The SMILES string of the molecule is Cc1cc(OCC(=O)NC(=S)NNC(=O)COc2c(C)cc(Br)cc2Br)c(C(C)C)cc1Br. The lowest BCUT2D eigenvalue weighted by molar-refractivity contribution is -0.124. The van der Waals surface area contributed by atoms with E-state index >= 15 is 0 Å². The van der Waals surface area contributed by atoms with Crippen molar-refractivity contribution >= 4 is 76.9 Å². The Morgan fingerprint density at radius 3 is 2.21 bits per heavy atom. The van der Waals surface area contributed by atoms with Crippen molar-refractivity contribution in [1.29, 1.82) is 0 Å². The Hall–Kier alpha value is -1.69. The summed E-state index contributed by atoms with van der Waals surface area (Å²) in [4.78, 5) is 24.2. The van der Waals surface area contributed by atoms with Crippen molar-refractivity contribution in [1.82, 2.24) is 16.2 Å². The van der Waals surface area contributed by atoms with Crippen molar-refractivity contribution in [3.8, 4) is 11.5 Å². The maximum absolute atomic E-state index is 12.2. The third-order valence-electron chi connectivity index (χ3n) is 4.38. The summed E-state index contributed by atoms with van der Waals surface area (Å²) in [5.41, 5.74) is 7.70. The van der Waals surface area contributed by atoms with E-state index in [1.54, 1.807) is 0 Å². The van der Waals surface area contributed by atoms with Crippen LogP contribution in [0, 0.1) is 13.8 Å². The summed E-state index contributed by atoms with van der Waals surface area (Å²) in [5, 5.41) is 2.40. The first-order chi connectivity index (χ1) is 15.5. The average molecular weight is 666 g/mol. The van der Waals surface area contributed by atoms with Crippen LogP contribution in [0.3, 0.4) is 0 Å². The predicted molar refractivity (Wildman–Crippen MR) is 143 cm³/mol. The van der Waals surface area contributed by atoms with E-state index in [-0.39, 0.29) is 24.2 Å². The highest BCUT2D eigenvalue weighted by atomic mass is 79.9. The summed E-state index contributed by atoms with van der Waals surface area (Å²) < 4.78 is 13.9. The zero-order chi connectivity index (χ0) is 24.7. The highest BCUT2D eigenvalue weighted by Gasteiger charge is 2.14. The van der Waals surface area contributed by atoms with Crippen molar-refractivity contribution in [3.63, 3.8) is 0 Å². The van der Waals surface area contributed by atoms with Crippen LogP contribution in [0.4, 0.5) is 0 Å². The van der Waals surface area contributed by atoms with Gasteiger partial charge >= 0.3 is 0 Å². The molecule has 0 atom stereocenters. The molecule has 0 saturated heterocycles. The number of aryl methyl sites for hydroxylation is 2. The van der Waals surface area contributed by atoms with Gasteiger partial charge in [0.2, 0.25) is 0 Å². The van der Waals surface area contributed by atoms with Crippen molar-refractivity contribution in [2.75, 3.05) is 13.2 Å². The summed E-state index contributed by atoms with van der Waals surface area (Å²) in [7, 11) is 0. The Labute approximate surface area is 223 Å². The van der Waals surface area contributed by atoms with Gasteiger partial charge < -0.3 is 9.47 Å². The number of thiocarbonyl (C=S) groups is 1. The number of benzene rings is 2. The third-order valence-corrected chi connectivity index (χ3v) is 6.49. The molecule has 2 rings (SSSR count). The fraction of sp³-hybridized carbons (Fsp3) is 0.318. The number of amides is 2. The molecule has 2 amide bonds. The number of hydrazine groups is 1. The third kappa shape index (κ3) is 8.55. The minimum atomic E-state index is -0.469. The zero-order valence-corrected chi connectivity index (χ0v) is 24.1. The van der Waals surface area contributed by atoms with Gasteiger partial charge in [-0.1, -0.05) is 45.7 Å². The second-order valence-electron chi connectivity index (χ2n) is 7.46. The summed E-state index contributed by atoms with van der Waals surface area (Å²) in [6.07, 6.45) is 0. The molecule has 178 valence electrons. The number of halogens is 3. The van der Waals surface area contributed by atoms with Gasteiger partial charge in [0.25, 0.3) is 11.8 Å². The molecular formula is C22H24Br3N3O4S. The van der Waals surface area contributed by atoms with E-state index in [2.05, 4.69) is 64.0 Å². The van der Waals surface area contributed by atoms with Crippen molar-refractivity contribution in [3.05, 3.63) is 54.4 Å². The Bertz CT molecular complexity index is 1040. The molecule has 3 N–H and O–H groups in total. The van der Waals surface area contributed by atoms with Crippen LogP contribution >= 0.6 is 60.0 Å². The highest BCUT2D eigenvalue weighted by Crippen LogP contribution is 2.33. The molecule has 11 heteroatoms. The van der Waals surface area contributed by atoms with Gasteiger partial charge in [0.15, 0.2) is 18.3 Å². The van der Waals surface area contributed by atoms with Crippen LogP contribution in [0.25, 0.3) is 0 Å². The van der Waals surface area contributed by atoms with Gasteiger partial charge in [0.05, 0.1) is 4.47 Å². The smallest absolute Gasteiger partial charge is 0.276 e. The molecule has 0 aliphatic rings. The summed E-state index contributed by atoms with van der Waals surface area (Å²) in [5.74, 6) is 0.499. The Kier molecular flexibility index (Phi) is 10.6. The molecule has 0 aliphatic carbocycles. The van der Waals surface area contributed by atoms with Crippen LogP contribution in [0.1, 0.15) is 36.5 Å². The predicted octanol–water partition coefficient (Wildman–Crippen LogP) is 5.19. The minimum Gasteiger partial charge on any atom is -0.483 e. The first kappa shape index (κ1) is 27.6. The lowest BCUT2D eigenvalue weighted by atomic mass is 10.0. The van der Waals surface area contributed by atoms with Crippen LogP contribution in [0.5, 0.6) is 11.5 Å². The lowest BCUT2D eigenvalue weighted by Gasteiger charge is -2.16. The number of hydrogen-bond donors (Lipinski definition) is 3. The van der Waals surface area contributed by atoms with E-state index in [1.807, 2.05) is 52.0 Å². The molecule has 0 saturated carbocycles. The van der Waals surface area contributed by atoms with Gasteiger partial charge in [-0.25, -0.2) is 0 Å². The normalized spacial score (nSPS) is 10.5. The number of carbonyl (C=O) groups excluding carboxylic acids is 2. The van der Waals surface area contributed by atoms with Gasteiger partial charge in [0, 0.05) is 8.95 Å². The van der Waals surface area contributed by atoms with Crippen LogP contribution in [0.15, 0.2) is 37.7 Å². The number of nitrogens with one attached hydrogen (secondary N) is 3. The number of hydrogen-bond acceptors (Lipinski definition) is 5. The Morgan fingerprint density at radius 2 is 1.58 bits per heavy atom. The molecule has 2 aromatic carbocycles. The molecule has 0 radical (unpaired) electrons. The molecule has 33 heavy (non-hydrogen) atoms. The molecule has 0 bridgehead atoms. The number of ether oxygens (including phenoxy) is 2. The van der Waals surface area contributed by atoms with Crippen LogP contribution < -0.4 is 25.6 Å². The maximum atomic E-state index is 12.2. The fourth-order valence-corrected chi connectivity index (χ4v) is 4.84. The first-order valence-electron chi connectivity index (χ1n) is 9.87. The molecule has 0 spiro atoms. The van der Waals surface area contributed by atoms with Gasteiger partial charge in [-0.2, -0.15) is 0 Å². The van der Waals surface area contributed by atoms with Crippen molar-refractivity contribution in [2.45, 2.75) is 33.6 Å². The number of rotatable bonds is 7. The topological polar surface area (TPSA) is 88.7 Å². The van der Waals surface area contributed by atoms with E-state index in [4.69, 9.17) is 21.7 Å². The standard InChI is InChI=1S/C22H24Br3N3O4S/c1-11(2)15-8-16(24)12(3)6-18(15)31-9-19(29)26-22(33)28-27-20(30)10-32-21-13(4)5-14(23)7-17(21)25/h5-8,11H,9-10H2,1-4H3,(H,27,30)(H2,26,28,29,33). The second-order valence-corrected chi connectivity index (χ2v) is 10.5. The monoisotopic (exact) mass is 663 g/mol. The van der Waals surface area contributed by atoms with E-state index < -0.39 is 11.8 Å². The second kappa shape index (κ2) is 12.7. The summed E-state index contributed by atoms with van der Waals surface area (Å²) in [6, 6.07) is 7.58. The Balaban J connectivity index is 1.79. The zero-order valence-electron chi connectivity index (χ0n) is 18.5. The average Bonchev–Trinajstić information content (AvgIpc) is 2.71. The quantitative estimate of drug-likeness (QED) is 0.279. The number of carbonyl (C=O) groups is 2. The van der Waals surface area contributed by atoms with Gasteiger partial charge in [-0.05, 0) is 88.9 Å². The summed E-state index contributed by atoms with van der Waals surface area (Å²) in [6.45, 7) is 7.44. The molecule has 2 aromatic rings. The molecule has 0 heterocycles. The van der Waals surface area contributed by atoms with Crippen molar-refractivity contribution in [2.24, 2.45) is 0 Å². The van der Waals surface area contributed by atoms with Crippen LogP contribution in [-0.4, -0.2) is 30.1 Å². The first-order valence-corrected chi connectivity index (χ1v) is 12.7. The molecule has 0 aromatic heterocycles. The minimum absolute atomic E-state index is 0.0611. The van der Waals surface area contributed by atoms with Gasteiger partial charge in [-0.15, -0.1) is 0 Å². The van der Waals surface area contributed by atoms with Crippen molar-refractivity contribution < 1.29 is 19.1 Å². The van der Waals surface area contributed by atoms with Crippen LogP contribution in [-0.2, 0) is 9.59 Å². The van der Waals surface area contributed by atoms with Gasteiger partial charge in [0.1, 0.15) is 11.5 Å². The maximum Gasteiger partial charge on any atom is 0.276 e. The molecule has 0 fully saturated rings. The Morgan fingerprint density at radius 1 is 0.909 bits per heavy atom. The molecule has 0 unspecified atom stereocenters. The molecule has 0 aliphatic heterocycles. The fourth-order valence-electron chi connectivity index (χ4n) is 2.76. The summed E-state index contributed by atoms with van der Waals surface area (Å²) >= 11 is 15.4. The van der Waals surface area contributed by atoms with Crippen LogP contribution in [0.2, 0.25) is 0 Å². The molecule has 7 nitrogen and oxygen atoms in total. The van der Waals surface area contributed by atoms with E-state index in [9.17, 15) is 9.59 Å². The molecular weight excluding hydrogens is 642 g/mol. The van der Waals surface area contributed by atoms with E-state index in [1.165, 1.54) is 0 Å². The van der Waals surface area contributed by atoms with E-state index in [0.717, 1.165) is 30.1 Å². The van der Waals surface area contributed by atoms with Gasteiger partial charge in [-0.3, -0.25) is 25.8 Å².